The standard InChI is InChI=1S/C20H21N5O2S/c1-2-27-16-6-4-15(5-7-16)18-23-17(14-28-18)19(26)24-10-12-25(13-11-24)20-21-8-3-9-22-20/h3-9,14H,2,10-13H2,1H3. The second kappa shape index (κ2) is 8.35. The molecule has 0 saturated carbocycles. The van der Waals surface area contributed by atoms with Crippen molar-refractivity contribution in [3.8, 4) is 16.3 Å². The van der Waals surface area contributed by atoms with Gasteiger partial charge in [-0.2, -0.15) is 0 Å². The maximum Gasteiger partial charge on any atom is 0.273 e. The van der Waals surface area contributed by atoms with Crippen LogP contribution in [0.1, 0.15) is 17.4 Å². The summed E-state index contributed by atoms with van der Waals surface area (Å²) in [5, 5.41) is 2.67. The highest BCUT2D eigenvalue weighted by molar-refractivity contribution is 7.13. The van der Waals surface area contributed by atoms with Gasteiger partial charge in [0.25, 0.3) is 5.91 Å². The van der Waals surface area contributed by atoms with E-state index in [0.29, 0.717) is 44.4 Å². The summed E-state index contributed by atoms with van der Waals surface area (Å²) >= 11 is 1.48. The van der Waals surface area contributed by atoms with Gasteiger partial charge in [-0.25, -0.2) is 15.0 Å². The van der Waals surface area contributed by atoms with Crippen molar-refractivity contribution < 1.29 is 9.53 Å². The molecule has 1 amide bonds. The summed E-state index contributed by atoms with van der Waals surface area (Å²) in [5.74, 6) is 1.52. The van der Waals surface area contributed by atoms with Gasteiger partial charge >= 0.3 is 0 Å². The number of carbonyl (C=O) groups is 1. The molecule has 3 heterocycles. The van der Waals surface area contributed by atoms with E-state index < -0.39 is 0 Å². The molecule has 1 fully saturated rings. The van der Waals surface area contributed by atoms with Crippen LogP contribution in [0.15, 0.2) is 48.1 Å². The van der Waals surface area contributed by atoms with E-state index in [0.717, 1.165) is 16.3 Å². The number of amides is 1. The largest absolute Gasteiger partial charge is 0.494 e. The van der Waals surface area contributed by atoms with Gasteiger partial charge in [-0.1, -0.05) is 0 Å². The number of benzene rings is 1. The topological polar surface area (TPSA) is 71.5 Å². The molecule has 0 bridgehead atoms. The second-order valence-electron chi connectivity index (χ2n) is 6.32. The zero-order chi connectivity index (χ0) is 19.3. The molecule has 0 spiro atoms. The fourth-order valence-corrected chi connectivity index (χ4v) is 3.89. The molecule has 1 aliphatic heterocycles. The minimum Gasteiger partial charge on any atom is -0.494 e. The van der Waals surface area contributed by atoms with Gasteiger partial charge in [-0.15, -0.1) is 11.3 Å². The van der Waals surface area contributed by atoms with Crippen LogP contribution in [-0.4, -0.2) is 58.5 Å². The molecule has 3 aromatic rings. The van der Waals surface area contributed by atoms with E-state index in [4.69, 9.17) is 4.74 Å². The fourth-order valence-electron chi connectivity index (χ4n) is 3.09. The van der Waals surface area contributed by atoms with E-state index in [2.05, 4.69) is 19.9 Å². The number of hydrogen-bond acceptors (Lipinski definition) is 7. The van der Waals surface area contributed by atoms with Gasteiger partial charge in [0.05, 0.1) is 6.61 Å². The Morgan fingerprint density at radius 2 is 1.82 bits per heavy atom. The highest BCUT2D eigenvalue weighted by atomic mass is 32.1. The number of thiazole rings is 1. The predicted octanol–water partition coefficient (Wildman–Crippen LogP) is 2.96. The summed E-state index contributed by atoms with van der Waals surface area (Å²) in [5.41, 5.74) is 1.48. The summed E-state index contributed by atoms with van der Waals surface area (Å²) in [6, 6.07) is 9.58. The highest BCUT2D eigenvalue weighted by Gasteiger charge is 2.25. The average Bonchev–Trinajstić information content (AvgIpc) is 3.25. The summed E-state index contributed by atoms with van der Waals surface area (Å²) < 4.78 is 5.47. The molecule has 4 rings (SSSR count). The monoisotopic (exact) mass is 395 g/mol. The predicted molar refractivity (Wildman–Crippen MR) is 109 cm³/mol. The van der Waals surface area contributed by atoms with Crippen molar-refractivity contribution in [3.05, 3.63) is 53.8 Å². The Labute approximate surface area is 167 Å². The first-order chi connectivity index (χ1) is 13.7. The van der Waals surface area contributed by atoms with Gasteiger partial charge in [-0.3, -0.25) is 4.79 Å². The Balaban J connectivity index is 1.39. The molecule has 8 heteroatoms. The van der Waals surface area contributed by atoms with Gasteiger partial charge in [0.15, 0.2) is 0 Å². The maximum absolute atomic E-state index is 12.8. The van der Waals surface area contributed by atoms with Crippen LogP contribution in [0.3, 0.4) is 0 Å². The summed E-state index contributed by atoms with van der Waals surface area (Å²) in [6.07, 6.45) is 3.47. The lowest BCUT2D eigenvalue weighted by atomic mass is 10.2. The number of hydrogen-bond donors (Lipinski definition) is 0. The van der Waals surface area contributed by atoms with E-state index in [9.17, 15) is 4.79 Å². The number of piperazine rings is 1. The van der Waals surface area contributed by atoms with Crippen LogP contribution < -0.4 is 9.64 Å². The second-order valence-corrected chi connectivity index (χ2v) is 7.18. The third-order valence-corrected chi connectivity index (χ3v) is 5.43. The van der Waals surface area contributed by atoms with E-state index in [1.165, 1.54) is 11.3 Å². The Kier molecular flexibility index (Phi) is 5.48. The van der Waals surface area contributed by atoms with E-state index in [1.807, 2.05) is 41.5 Å². The van der Waals surface area contributed by atoms with Crippen LogP contribution in [0.5, 0.6) is 5.75 Å². The molecule has 1 saturated heterocycles. The molecule has 144 valence electrons. The smallest absolute Gasteiger partial charge is 0.273 e. The Morgan fingerprint density at radius 3 is 2.50 bits per heavy atom. The summed E-state index contributed by atoms with van der Waals surface area (Å²) in [4.78, 5) is 29.9. The van der Waals surface area contributed by atoms with Crippen molar-refractivity contribution >= 4 is 23.2 Å². The van der Waals surface area contributed by atoms with Crippen LogP contribution in [0, 0.1) is 0 Å². The van der Waals surface area contributed by atoms with Crippen molar-refractivity contribution in [2.75, 3.05) is 37.7 Å². The average molecular weight is 395 g/mol. The number of aromatic nitrogens is 3. The zero-order valence-corrected chi connectivity index (χ0v) is 16.4. The van der Waals surface area contributed by atoms with Gasteiger partial charge < -0.3 is 14.5 Å². The molecule has 0 unspecified atom stereocenters. The number of anilines is 1. The molecule has 28 heavy (non-hydrogen) atoms. The van der Waals surface area contributed by atoms with Crippen molar-refractivity contribution in [1.29, 1.82) is 0 Å². The molecule has 2 aromatic heterocycles. The molecular formula is C20H21N5O2S. The normalized spacial score (nSPS) is 14.2. The zero-order valence-electron chi connectivity index (χ0n) is 15.6. The number of carbonyl (C=O) groups excluding carboxylic acids is 1. The molecule has 0 radical (unpaired) electrons. The Bertz CT molecular complexity index is 921. The van der Waals surface area contributed by atoms with Crippen molar-refractivity contribution in [3.63, 3.8) is 0 Å². The van der Waals surface area contributed by atoms with Crippen molar-refractivity contribution in [2.45, 2.75) is 6.92 Å². The van der Waals surface area contributed by atoms with Crippen molar-refractivity contribution in [1.82, 2.24) is 19.9 Å². The van der Waals surface area contributed by atoms with Gasteiger partial charge in [0.1, 0.15) is 16.5 Å². The number of nitrogens with zero attached hydrogens (tertiary/aromatic N) is 5. The highest BCUT2D eigenvalue weighted by Crippen LogP contribution is 2.26. The number of ether oxygens (including phenoxy) is 1. The minimum atomic E-state index is -0.0259. The van der Waals surface area contributed by atoms with Crippen LogP contribution in [0.4, 0.5) is 5.95 Å². The third-order valence-electron chi connectivity index (χ3n) is 4.54. The first-order valence-corrected chi connectivity index (χ1v) is 10.1. The molecule has 0 atom stereocenters. The lowest BCUT2D eigenvalue weighted by Crippen LogP contribution is -2.49. The lowest BCUT2D eigenvalue weighted by Gasteiger charge is -2.34. The van der Waals surface area contributed by atoms with Gasteiger partial charge in [0, 0.05) is 49.5 Å². The van der Waals surface area contributed by atoms with Crippen LogP contribution in [0.2, 0.25) is 0 Å². The van der Waals surface area contributed by atoms with Crippen LogP contribution in [0.25, 0.3) is 10.6 Å². The summed E-state index contributed by atoms with van der Waals surface area (Å²) in [6.45, 7) is 5.29. The lowest BCUT2D eigenvalue weighted by molar-refractivity contribution is 0.0741. The third kappa shape index (κ3) is 3.96. The number of rotatable bonds is 5. The fraction of sp³-hybridized carbons (Fsp3) is 0.300. The Hall–Kier alpha value is -3.00. The molecular weight excluding hydrogens is 374 g/mol. The van der Waals surface area contributed by atoms with Gasteiger partial charge in [0.2, 0.25) is 5.95 Å². The molecule has 1 aliphatic rings. The van der Waals surface area contributed by atoms with Crippen LogP contribution in [-0.2, 0) is 0 Å². The quantitative estimate of drug-likeness (QED) is 0.661. The maximum atomic E-state index is 12.8. The first-order valence-electron chi connectivity index (χ1n) is 9.24. The first kappa shape index (κ1) is 18.4. The SMILES string of the molecule is CCOc1ccc(-c2nc(C(=O)N3CCN(c4ncccn4)CC3)cs2)cc1. The van der Waals surface area contributed by atoms with Gasteiger partial charge in [-0.05, 0) is 37.3 Å². The molecule has 0 aliphatic carbocycles. The van der Waals surface area contributed by atoms with E-state index in [1.54, 1.807) is 18.5 Å². The molecule has 7 nitrogen and oxygen atoms in total. The van der Waals surface area contributed by atoms with E-state index >= 15 is 0 Å². The molecule has 0 N–H and O–H groups in total. The van der Waals surface area contributed by atoms with Crippen LogP contribution >= 0.6 is 11.3 Å². The Morgan fingerprint density at radius 1 is 1.11 bits per heavy atom. The van der Waals surface area contributed by atoms with Crippen molar-refractivity contribution in [2.24, 2.45) is 0 Å². The van der Waals surface area contributed by atoms with E-state index in [-0.39, 0.29) is 5.91 Å². The molecule has 1 aromatic carbocycles. The summed E-state index contributed by atoms with van der Waals surface area (Å²) in [7, 11) is 0. The minimum absolute atomic E-state index is 0.0259.